The molecule has 0 saturated carbocycles. The maximum Gasteiger partial charge on any atom is 0.241 e. The van der Waals surface area contributed by atoms with E-state index in [1.807, 2.05) is 0 Å². The normalized spacial score (nSPS) is 15.1. The number of halogens is 2. The van der Waals surface area contributed by atoms with Gasteiger partial charge >= 0.3 is 0 Å². The Morgan fingerprint density at radius 2 is 2.04 bits per heavy atom. The summed E-state index contributed by atoms with van der Waals surface area (Å²) in [5.41, 5.74) is 11.8. The van der Waals surface area contributed by atoms with Gasteiger partial charge in [0, 0.05) is 25.4 Å². The molecule has 1 fully saturated rings. The number of aromatic nitrogens is 3. The third kappa shape index (κ3) is 3.98. The molecule has 0 spiro atoms. The van der Waals surface area contributed by atoms with Gasteiger partial charge in [-0.15, -0.1) is 0 Å². The van der Waals surface area contributed by atoms with Gasteiger partial charge in [-0.1, -0.05) is 23.2 Å². The predicted octanol–water partition coefficient (Wildman–Crippen LogP) is 2.34. The Morgan fingerprint density at radius 3 is 2.69 bits per heavy atom. The Labute approximate surface area is 161 Å². The Balaban J connectivity index is 1.73. The zero-order valence-corrected chi connectivity index (χ0v) is 15.5. The molecule has 1 saturated heterocycles. The van der Waals surface area contributed by atoms with E-state index in [9.17, 15) is 0 Å². The number of nitrogens with two attached hydrogens (primary N) is 2. The molecule has 0 unspecified atom stereocenters. The van der Waals surface area contributed by atoms with Gasteiger partial charge in [0.15, 0.2) is 22.4 Å². The number of hydrogen-bond donors (Lipinski definition) is 3. The van der Waals surface area contributed by atoms with Crippen LogP contribution in [0.4, 0.5) is 11.6 Å². The van der Waals surface area contributed by atoms with Crippen molar-refractivity contribution < 1.29 is 4.74 Å². The van der Waals surface area contributed by atoms with Crippen molar-refractivity contribution in [3.8, 4) is 5.75 Å². The van der Waals surface area contributed by atoms with E-state index in [4.69, 9.17) is 44.8 Å². The number of nitrogens with zero attached hydrogens (tertiary/aromatic N) is 4. The van der Waals surface area contributed by atoms with Gasteiger partial charge in [-0.05, 0) is 25.3 Å². The highest BCUT2D eigenvalue weighted by Crippen LogP contribution is 2.30. The molecule has 8 nitrogen and oxygen atoms in total. The monoisotopic (exact) mass is 395 g/mol. The smallest absolute Gasteiger partial charge is 0.241 e. The van der Waals surface area contributed by atoms with Gasteiger partial charge in [-0.3, -0.25) is 5.41 Å². The lowest BCUT2D eigenvalue weighted by Gasteiger charge is -2.32. The minimum atomic E-state index is -0.271. The molecule has 0 amide bonds. The van der Waals surface area contributed by atoms with E-state index in [1.165, 1.54) is 12.3 Å². The summed E-state index contributed by atoms with van der Waals surface area (Å²) in [4.78, 5) is 14.6. The first-order chi connectivity index (χ1) is 12.5. The van der Waals surface area contributed by atoms with Crippen molar-refractivity contribution in [1.82, 2.24) is 15.0 Å². The van der Waals surface area contributed by atoms with Crippen LogP contribution in [0.25, 0.3) is 0 Å². The lowest BCUT2D eigenvalue weighted by atomic mass is 9.97. The summed E-state index contributed by atoms with van der Waals surface area (Å²) < 4.78 is 5.42. The average Bonchev–Trinajstić information content (AvgIpc) is 2.65. The first-order valence-corrected chi connectivity index (χ1v) is 8.89. The zero-order chi connectivity index (χ0) is 18.7. The van der Waals surface area contributed by atoms with Crippen molar-refractivity contribution in [1.29, 1.82) is 5.41 Å². The van der Waals surface area contributed by atoms with E-state index in [1.54, 1.807) is 6.20 Å². The van der Waals surface area contributed by atoms with Crippen molar-refractivity contribution in [3.05, 3.63) is 34.3 Å². The van der Waals surface area contributed by atoms with Crippen LogP contribution < -0.4 is 21.1 Å². The Kier molecular flexibility index (Phi) is 5.75. The van der Waals surface area contributed by atoms with Gasteiger partial charge < -0.3 is 21.1 Å². The molecular weight excluding hydrogens is 377 g/mol. The molecule has 0 aliphatic carbocycles. The van der Waals surface area contributed by atoms with Crippen LogP contribution in [-0.4, -0.2) is 40.5 Å². The van der Waals surface area contributed by atoms with E-state index in [0.717, 1.165) is 25.9 Å². The quantitative estimate of drug-likeness (QED) is 0.411. The second-order valence-corrected chi connectivity index (χ2v) is 6.71. The highest BCUT2D eigenvalue weighted by Gasteiger charge is 2.21. The molecule has 138 valence electrons. The van der Waals surface area contributed by atoms with Crippen molar-refractivity contribution >= 4 is 40.7 Å². The van der Waals surface area contributed by atoms with E-state index in [0.29, 0.717) is 18.3 Å². The molecular formula is C16H19Cl2N7O. The summed E-state index contributed by atoms with van der Waals surface area (Å²) >= 11 is 11.9. The number of nitrogen functional groups attached to an aromatic ring is 1. The molecule has 26 heavy (non-hydrogen) atoms. The molecule has 0 aromatic carbocycles. The summed E-state index contributed by atoms with van der Waals surface area (Å²) in [6.07, 6.45) is 5.05. The van der Waals surface area contributed by atoms with Gasteiger partial charge in [0.1, 0.15) is 10.8 Å². The summed E-state index contributed by atoms with van der Waals surface area (Å²) in [7, 11) is 0. The maximum absolute atomic E-state index is 8.09. The van der Waals surface area contributed by atoms with Crippen LogP contribution in [0, 0.1) is 11.3 Å². The van der Waals surface area contributed by atoms with Crippen LogP contribution in [0.5, 0.6) is 5.75 Å². The fraction of sp³-hybridized carbons (Fsp3) is 0.375. The number of anilines is 2. The largest absolute Gasteiger partial charge is 0.436 e. The number of rotatable bonds is 4. The van der Waals surface area contributed by atoms with Crippen molar-refractivity contribution in [2.45, 2.75) is 12.8 Å². The maximum atomic E-state index is 8.09. The van der Waals surface area contributed by atoms with E-state index in [2.05, 4.69) is 19.9 Å². The topological polar surface area (TPSA) is 127 Å². The van der Waals surface area contributed by atoms with Gasteiger partial charge in [0.2, 0.25) is 5.90 Å². The minimum Gasteiger partial charge on any atom is -0.436 e. The number of pyridine rings is 1. The highest BCUT2D eigenvalue weighted by molar-refractivity contribution is 6.42. The van der Waals surface area contributed by atoms with Gasteiger partial charge in [-0.2, -0.15) is 0 Å². The molecule has 0 atom stereocenters. The SMILES string of the molecule is N=C(Oc1ccnc(Cl)c1Cl)c1ncc(N2CCC(CN)CC2)nc1N. The van der Waals surface area contributed by atoms with Gasteiger partial charge in [-0.25, -0.2) is 15.0 Å². The standard InChI is InChI=1S/C16H19Cl2N7O/c17-12-10(1-4-22-14(12)18)26-16(21)13-15(20)24-11(8-23-13)25-5-2-9(7-19)3-6-25/h1,4,8-9,21H,2-3,5-7,19H2,(H2,20,24). The zero-order valence-electron chi connectivity index (χ0n) is 14.0. The van der Waals surface area contributed by atoms with Gasteiger partial charge in [0.25, 0.3) is 0 Å². The van der Waals surface area contributed by atoms with Crippen molar-refractivity contribution in [2.75, 3.05) is 30.3 Å². The van der Waals surface area contributed by atoms with Crippen LogP contribution in [0.1, 0.15) is 18.5 Å². The van der Waals surface area contributed by atoms with Crippen LogP contribution >= 0.6 is 23.2 Å². The molecule has 1 aliphatic heterocycles. The van der Waals surface area contributed by atoms with E-state index in [-0.39, 0.29) is 33.3 Å². The minimum absolute atomic E-state index is 0.0900. The Hall–Kier alpha value is -2.16. The summed E-state index contributed by atoms with van der Waals surface area (Å²) in [6.45, 7) is 2.42. The second kappa shape index (κ2) is 8.03. The molecule has 3 heterocycles. The van der Waals surface area contributed by atoms with E-state index >= 15 is 0 Å². The molecule has 0 radical (unpaired) electrons. The predicted molar refractivity (Wildman–Crippen MR) is 102 cm³/mol. The molecule has 2 aromatic rings. The summed E-state index contributed by atoms with van der Waals surface area (Å²) in [6, 6.07) is 1.50. The van der Waals surface area contributed by atoms with E-state index < -0.39 is 0 Å². The number of ether oxygens (including phenoxy) is 1. The third-order valence-electron chi connectivity index (χ3n) is 4.30. The summed E-state index contributed by atoms with van der Waals surface area (Å²) in [5, 5.41) is 8.29. The summed E-state index contributed by atoms with van der Waals surface area (Å²) in [5.74, 6) is 1.27. The highest BCUT2D eigenvalue weighted by atomic mass is 35.5. The number of hydrogen-bond acceptors (Lipinski definition) is 8. The Bertz CT molecular complexity index is 809. The molecule has 1 aliphatic rings. The fourth-order valence-electron chi connectivity index (χ4n) is 2.76. The Morgan fingerprint density at radius 1 is 1.31 bits per heavy atom. The second-order valence-electron chi connectivity index (χ2n) is 5.97. The molecule has 5 N–H and O–H groups in total. The first kappa shape index (κ1) is 18.6. The number of nitrogens with one attached hydrogen (secondary N) is 1. The third-order valence-corrected chi connectivity index (χ3v) is 5.05. The first-order valence-electron chi connectivity index (χ1n) is 8.14. The fourth-order valence-corrected chi connectivity index (χ4v) is 3.06. The van der Waals surface area contributed by atoms with Gasteiger partial charge in [0.05, 0.1) is 6.20 Å². The molecule has 10 heteroatoms. The molecule has 3 rings (SSSR count). The van der Waals surface area contributed by atoms with Crippen molar-refractivity contribution in [2.24, 2.45) is 11.7 Å². The number of piperidine rings is 1. The average molecular weight is 396 g/mol. The lowest BCUT2D eigenvalue weighted by molar-refractivity contribution is 0.413. The molecule has 0 bridgehead atoms. The van der Waals surface area contributed by atoms with Crippen LogP contribution in [0.3, 0.4) is 0 Å². The molecule has 2 aromatic heterocycles. The van der Waals surface area contributed by atoms with Crippen molar-refractivity contribution in [3.63, 3.8) is 0 Å². The lowest BCUT2D eigenvalue weighted by Crippen LogP contribution is -2.36. The van der Waals surface area contributed by atoms with Crippen LogP contribution in [0.2, 0.25) is 10.2 Å². The van der Waals surface area contributed by atoms with Crippen LogP contribution in [0.15, 0.2) is 18.5 Å². The van der Waals surface area contributed by atoms with Crippen LogP contribution in [-0.2, 0) is 0 Å².